The zero-order valence-corrected chi connectivity index (χ0v) is 8.10. The number of hydrogen-bond donors (Lipinski definition) is 0. The number of halogens is 1. The highest BCUT2D eigenvalue weighted by molar-refractivity contribution is 5.85. The van der Waals surface area contributed by atoms with Crippen molar-refractivity contribution in [1.29, 1.82) is 0 Å². The van der Waals surface area contributed by atoms with Crippen molar-refractivity contribution in [3.8, 4) is 0 Å². The molecule has 0 aromatic carbocycles. The number of hydrazone groups is 1. The number of nitrogens with zero attached hydrogens (tertiary/aromatic N) is 2. The first-order chi connectivity index (χ1) is 4.79. The van der Waals surface area contributed by atoms with Gasteiger partial charge in [-0.15, -0.1) is 12.4 Å². The molecule has 66 valence electrons. The van der Waals surface area contributed by atoms with Crippen molar-refractivity contribution in [1.82, 2.24) is 5.01 Å². The molecule has 1 saturated heterocycles. The van der Waals surface area contributed by atoms with Crippen LogP contribution in [0.5, 0.6) is 0 Å². The summed E-state index contributed by atoms with van der Waals surface area (Å²) in [6.07, 6.45) is 4.65. The average Bonchev–Trinajstić information content (AvgIpc) is 2.34. The van der Waals surface area contributed by atoms with Gasteiger partial charge in [-0.3, -0.25) is 5.01 Å². The van der Waals surface area contributed by atoms with Crippen LogP contribution in [0, 0.1) is 5.92 Å². The lowest BCUT2D eigenvalue weighted by molar-refractivity contribution is 0.360. The first kappa shape index (κ1) is 10.8. The van der Waals surface area contributed by atoms with Gasteiger partial charge in [0.1, 0.15) is 0 Å². The lowest BCUT2D eigenvalue weighted by Crippen LogP contribution is -2.12. The van der Waals surface area contributed by atoms with E-state index in [9.17, 15) is 0 Å². The Labute approximate surface area is 75.1 Å². The van der Waals surface area contributed by atoms with E-state index in [1.807, 2.05) is 6.21 Å². The summed E-state index contributed by atoms with van der Waals surface area (Å²) >= 11 is 0. The smallest absolute Gasteiger partial charge is 0.0360 e. The third kappa shape index (κ3) is 4.25. The Balaban J connectivity index is 0.000001000. The maximum atomic E-state index is 4.33. The van der Waals surface area contributed by atoms with Gasteiger partial charge < -0.3 is 0 Å². The van der Waals surface area contributed by atoms with Crippen LogP contribution in [-0.2, 0) is 0 Å². The molecule has 3 heteroatoms. The summed E-state index contributed by atoms with van der Waals surface area (Å²) in [5.74, 6) is 0.584. The minimum absolute atomic E-state index is 0. The monoisotopic (exact) mass is 176 g/mol. The van der Waals surface area contributed by atoms with Gasteiger partial charge >= 0.3 is 0 Å². The van der Waals surface area contributed by atoms with Crippen LogP contribution in [0.25, 0.3) is 0 Å². The van der Waals surface area contributed by atoms with E-state index in [1.54, 1.807) is 0 Å². The second-order valence-corrected chi connectivity index (χ2v) is 3.17. The second-order valence-electron chi connectivity index (χ2n) is 3.17. The molecule has 0 amide bonds. The van der Waals surface area contributed by atoms with Crippen LogP contribution in [0.1, 0.15) is 26.7 Å². The molecule has 0 spiro atoms. The summed E-state index contributed by atoms with van der Waals surface area (Å²) in [4.78, 5) is 0. The van der Waals surface area contributed by atoms with Gasteiger partial charge in [0.2, 0.25) is 0 Å². The van der Waals surface area contributed by atoms with E-state index < -0.39 is 0 Å². The second kappa shape index (κ2) is 5.42. The Kier molecular flexibility index (Phi) is 5.30. The van der Waals surface area contributed by atoms with Crippen LogP contribution in [-0.4, -0.2) is 24.3 Å². The molecule has 0 saturated carbocycles. The van der Waals surface area contributed by atoms with Crippen LogP contribution < -0.4 is 0 Å². The molecule has 1 rings (SSSR count). The Bertz CT molecular complexity index is 117. The zero-order valence-electron chi connectivity index (χ0n) is 7.29. The number of hydrogen-bond acceptors (Lipinski definition) is 2. The Morgan fingerprint density at radius 1 is 1.27 bits per heavy atom. The molecule has 0 unspecified atom stereocenters. The van der Waals surface area contributed by atoms with Crippen molar-refractivity contribution < 1.29 is 0 Å². The Morgan fingerprint density at radius 2 is 1.82 bits per heavy atom. The lowest BCUT2D eigenvalue weighted by atomic mass is 10.3. The van der Waals surface area contributed by atoms with Gasteiger partial charge in [0.15, 0.2) is 0 Å². The fraction of sp³-hybridized carbons (Fsp3) is 0.875. The molecule has 0 radical (unpaired) electrons. The minimum Gasteiger partial charge on any atom is -0.297 e. The molecule has 0 N–H and O–H groups in total. The van der Waals surface area contributed by atoms with E-state index in [1.165, 1.54) is 12.8 Å². The van der Waals surface area contributed by atoms with E-state index in [-0.39, 0.29) is 12.4 Å². The molecular formula is C8H17ClN2. The molecule has 0 aliphatic carbocycles. The summed E-state index contributed by atoms with van der Waals surface area (Å²) in [5, 5.41) is 6.48. The molecule has 2 nitrogen and oxygen atoms in total. The molecule has 1 heterocycles. The van der Waals surface area contributed by atoms with Gasteiger partial charge in [-0.1, -0.05) is 13.8 Å². The highest BCUT2D eigenvalue weighted by atomic mass is 35.5. The first-order valence-corrected chi connectivity index (χ1v) is 4.08. The van der Waals surface area contributed by atoms with Gasteiger partial charge in [0.05, 0.1) is 0 Å². The van der Waals surface area contributed by atoms with Crippen molar-refractivity contribution >= 4 is 18.6 Å². The van der Waals surface area contributed by atoms with Crippen LogP contribution in [0.15, 0.2) is 5.10 Å². The van der Waals surface area contributed by atoms with Gasteiger partial charge in [-0.25, -0.2) is 0 Å². The normalized spacial score (nSPS) is 17.9. The molecule has 0 aromatic heterocycles. The predicted octanol–water partition coefficient (Wildman–Crippen LogP) is 2.15. The number of rotatable bonds is 2. The Hall–Kier alpha value is -0.240. The third-order valence-electron chi connectivity index (χ3n) is 1.61. The molecule has 0 atom stereocenters. The maximum Gasteiger partial charge on any atom is 0.0360 e. The molecule has 0 bridgehead atoms. The van der Waals surface area contributed by atoms with Crippen molar-refractivity contribution in [3.63, 3.8) is 0 Å². The van der Waals surface area contributed by atoms with Crippen molar-refractivity contribution in [2.24, 2.45) is 11.0 Å². The van der Waals surface area contributed by atoms with Crippen LogP contribution in [0.4, 0.5) is 0 Å². The van der Waals surface area contributed by atoms with Gasteiger partial charge in [0, 0.05) is 19.3 Å². The fourth-order valence-corrected chi connectivity index (χ4v) is 1.04. The zero-order chi connectivity index (χ0) is 7.40. The molecule has 11 heavy (non-hydrogen) atoms. The SMILES string of the molecule is CC(C)C=NN1CCCC1.Cl. The molecular weight excluding hydrogens is 160 g/mol. The molecule has 1 aliphatic rings. The average molecular weight is 177 g/mol. The highest BCUT2D eigenvalue weighted by Gasteiger charge is 2.06. The molecule has 0 aromatic rings. The minimum atomic E-state index is 0. The Morgan fingerprint density at radius 3 is 2.27 bits per heavy atom. The molecule has 1 fully saturated rings. The van der Waals surface area contributed by atoms with Crippen molar-refractivity contribution in [2.75, 3.05) is 13.1 Å². The van der Waals surface area contributed by atoms with E-state index in [2.05, 4.69) is 24.0 Å². The van der Waals surface area contributed by atoms with E-state index >= 15 is 0 Å². The van der Waals surface area contributed by atoms with Gasteiger partial charge in [0.25, 0.3) is 0 Å². The summed E-state index contributed by atoms with van der Waals surface area (Å²) < 4.78 is 0. The summed E-state index contributed by atoms with van der Waals surface area (Å²) in [5.41, 5.74) is 0. The van der Waals surface area contributed by atoms with Crippen LogP contribution in [0.3, 0.4) is 0 Å². The molecule has 1 aliphatic heterocycles. The largest absolute Gasteiger partial charge is 0.297 e. The standard InChI is InChI=1S/C8H16N2.ClH/c1-8(2)7-9-10-5-3-4-6-10;/h7-8H,3-6H2,1-2H3;1H. The van der Waals surface area contributed by atoms with Gasteiger partial charge in [-0.05, 0) is 18.8 Å². The summed E-state index contributed by atoms with van der Waals surface area (Å²) in [6.45, 7) is 6.62. The van der Waals surface area contributed by atoms with E-state index in [0.717, 1.165) is 13.1 Å². The first-order valence-electron chi connectivity index (χ1n) is 4.08. The van der Waals surface area contributed by atoms with Crippen molar-refractivity contribution in [3.05, 3.63) is 0 Å². The van der Waals surface area contributed by atoms with E-state index in [4.69, 9.17) is 0 Å². The summed E-state index contributed by atoms with van der Waals surface area (Å²) in [7, 11) is 0. The summed E-state index contributed by atoms with van der Waals surface area (Å²) in [6, 6.07) is 0. The highest BCUT2D eigenvalue weighted by Crippen LogP contribution is 2.06. The third-order valence-corrected chi connectivity index (χ3v) is 1.61. The van der Waals surface area contributed by atoms with Crippen LogP contribution in [0.2, 0.25) is 0 Å². The van der Waals surface area contributed by atoms with Gasteiger partial charge in [-0.2, -0.15) is 5.10 Å². The quantitative estimate of drug-likeness (QED) is 0.589. The van der Waals surface area contributed by atoms with Crippen molar-refractivity contribution in [2.45, 2.75) is 26.7 Å². The lowest BCUT2D eigenvalue weighted by Gasteiger charge is -2.09. The fourth-order valence-electron chi connectivity index (χ4n) is 1.04. The predicted molar refractivity (Wildman–Crippen MR) is 51.4 cm³/mol. The van der Waals surface area contributed by atoms with E-state index in [0.29, 0.717) is 5.92 Å². The van der Waals surface area contributed by atoms with Crippen LogP contribution >= 0.6 is 12.4 Å². The topological polar surface area (TPSA) is 15.6 Å². The maximum absolute atomic E-state index is 4.33.